The number of rotatable bonds is 1. The Hall–Kier alpha value is -2.47. The van der Waals surface area contributed by atoms with Crippen LogP contribution in [0.15, 0.2) is 46.9 Å². The molecule has 2 heterocycles. The fraction of sp³-hybridized carbons (Fsp3) is 0.250. The van der Waals surface area contributed by atoms with Crippen molar-refractivity contribution < 1.29 is 19.1 Å². The molecule has 3 atom stereocenters. The molecule has 6 heteroatoms. The number of carbonyl (C=O) groups excluding carboxylic acids is 3. The van der Waals surface area contributed by atoms with Gasteiger partial charge >= 0.3 is 5.97 Å². The molecule has 2 aliphatic heterocycles. The van der Waals surface area contributed by atoms with Gasteiger partial charge in [-0.25, -0.2) is 4.90 Å². The Morgan fingerprint density at radius 3 is 2.38 bits per heavy atom. The van der Waals surface area contributed by atoms with E-state index >= 15 is 0 Å². The van der Waals surface area contributed by atoms with Gasteiger partial charge in [0.05, 0.1) is 5.69 Å². The van der Waals surface area contributed by atoms with Crippen molar-refractivity contribution in [3.8, 4) is 5.75 Å². The summed E-state index contributed by atoms with van der Waals surface area (Å²) < 4.78 is 6.20. The number of anilines is 1. The van der Waals surface area contributed by atoms with Gasteiger partial charge in [-0.15, -0.1) is 0 Å². The maximum absolute atomic E-state index is 13.1. The fourth-order valence-corrected chi connectivity index (χ4v) is 4.12. The van der Waals surface area contributed by atoms with E-state index in [0.717, 1.165) is 14.9 Å². The number of aryl methyl sites for hydroxylation is 1. The predicted molar refractivity (Wildman–Crippen MR) is 98.8 cm³/mol. The summed E-state index contributed by atoms with van der Waals surface area (Å²) in [4.78, 5) is 39.8. The van der Waals surface area contributed by atoms with Crippen LogP contribution in [0.3, 0.4) is 0 Å². The molecular formula is C20H16BrNO4. The lowest BCUT2D eigenvalue weighted by Crippen LogP contribution is -2.57. The molecule has 0 bridgehead atoms. The zero-order chi connectivity index (χ0) is 18.6. The highest BCUT2D eigenvalue weighted by atomic mass is 79.9. The Bertz CT molecular complexity index is 937. The number of amides is 2. The lowest BCUT2D eigenvalue weighted by molar-refractivity contribution is -0.151. The highest BCUT2D eigenvalue weighted by molar-refractivity contribution is 9.10. The highest BCUT2D eigenvalue weighted by Crippen LogP contribution is 2.47. The van der Waals surface area contributed by atoms with Crippen LogP contribution < -0.4 is 9.64 Å². The molecule has 0 saturated carbocycles. The van der Waals surface area contributed by atoms with Crippen molar-refractivity contribution in [3.63, 3.8) is 0 Å². The van der Waals surface area contributed by atoms with Gasteiger partial charge in [0, 0.05) is 21.9 Å². The van der Waals surface area contributed by atoms with E-state index in [0.29, 0.717) is 17.0 Å². The Kier molecular flexibility index (Phi) is 3.95. The molecule has 132 valence electrons. The van der Waals surface area contributed by atoms with Gasteiger partial charge in [-0.2, -0.15) is 0 Å². The molecule has 0 unspecified atom stereocenters. The number of ether oxygens (including phenoxy) is 1. The molecule has 0 N–H and O–H groups in total. The molecule has 4 rings (SSSR count). The molecular weight excluding hydrogens is 398 g/mol. The summed E-state index contributed by atoms with van der Waals surface area (Å²) in [5.41, 5.74) is 2.21. The third-order valence-corrected chi connectivity index (χ3v) is 5.58. The summed E-state index contributed by atoms with van der Waals surface area (Å²) in [6.45, 7) is 3.69. The minimum Gasteiger partial charge on any atom is -0.426 e. The average molecular weight is 414 g/mol. The smallest absolute Gasteiger partial charge is 0.324 e. The van der Waals surface area contributed by atoms with Crippen LogP contribution in [0.1, 0.15) is 24.0 Å². The van der Waals surface area contributed by atoms with Crippen molar-refractivity contribution in [2.24, 2.45) is 11.8 Å². The molecule has 2 aliphatic rings. The maximum Gasteiger partial charge on any atom is 0.324 e. The largest absolute Gasteiger partial charge is 0.426 e. The Morgan fingerprint density at radius 2 is 1.69 bits per heavy atom. The monoisotopic (exact) mass is 413 g/mol. The summed E-state index contributed by atoms with van der Waals surface area (Å²) in [7, 11) is 0. The van der Waals surface area contributed by atoms with E-state index in [1.54, 1.807) is 31.2 Å². The van der Waals surface area contributed by atoms with Crippen molar-refractivity contribution in [3.05, 3.63) is 58.1 Å². The zero-order valence-electron chi connectivity index (χ0n) is 14.2. The van der Waals surface area contributed by atoms with Crippen LogP contribution in [0.5, 0.6) is 5.75 Å². The lowest BCUT2D eigenvalue weighted by atomic mass is 9.72. The van der Waals surface area contributed by atoms with Crippen LogP contribution in [0.25, 0.3) is 0 Å². The Labute approximate surface area is 159 Å². The van der Waals surface area contributed by atoms with Crippen LogP contribution in [-0.4, -0.2) is 17.8 Å². The summed E-state index contributed by atoms with van der Waals surface area (Å²) in [6.07, 6.45) is 0. The second-order valence-electron chi connectivity index (χ2n) is 6.74. The molecule has 0 aliphatic carbocycles. The first-order valence-electron chi connectivity index (χ1n) is 8.34. The van der Waals surface area contributed by atoms with E-state index in [1.165, 1.54) is 0 Å². The number of halogens is 1. The van der Waals surface area contributed by atoms with Crippen molar-refractivity contribution in [2.75, 3.05) is 4.90 Å². The third kappa shape index (κ3) is 2.48. The van der Waals surface area contributed by atoms with Crippen molar-refractivity contribution in [2.45, 2.75) is 19.8 Å². The molecule has 0 spiro atoms. The van der Waals surface area contributed by atoms with E-state index in [-0.39, 0.29) is 5.91 Å². The van der Waals surface area contributed by atoms with Gasteiger partial charge in [-0.05, 0) is 37.3 Å². The lowest BCUT2D eigenvalue weighted by Gasteiger charge is -2.42. The Balaban J connectivity index is 1.82. The molecule has 1 fully saturated rings. The van der Waals surface area contributed by atoms with Crippen LogP contribution in [0.4, 0.5) is 5.69 Å². The molecule has 0 aromatic heterocycles. The predicted octanol–water partition coefficient (Wildman–Crippen LogP) is 3.59. The number of fused-ring (bicyclic) bond motifs is 3. The number of hydrogen-bond acceptors (Lipinski definition) is 4. The number of imide groups is 1. The number of nitrogens with zero attached hydrogens (tertiary/aromatic N) is 1. The van der Waals surface area contributed by atoms with E-state index in [1.807, 2.05) is 25.1 Å². The zero-order valence-corrected chi connectivity index (χ0v) is 15.8. The number of hydrogen-bond donors (Lipinski definition) is 0. The second-order valence-corrected chi connectivity index (χ2v) is 7.66. The molecule has 0 radical (unpaired) electrons. The average Bonchev–Trinajstić information content (AvgIpc) is 2.61. The Morgan fingerprint density at radius 1 is 1.00 bits per heavy atom. The summed E-state index contributed by atoms with van der Waals surface area (Å²) in [6, 6.07) is 12.4. The fourth-order valence-electron chi connectivity index (χ4n) is 3.74. The first-order chi connectivity index (χ1) is 12.4. The SMILES string of the molecule is Cc1ccc(N2C(=O)[C@@H]3C(=O)Oc4ccc(Br)cc4[C@@H]3[C@H](C)C2=O)cc1. The third-order valence-electron chi connectivity index (χ3n) is 5.08. The van der Waals surface area contributed by atoms with Gasteiger partial charge < -0.3 is 4.74 Å². The standard InChI is InChI=1S/C20H16BrNO4/c1-10-3-6-13(7-4-10)22-18(23)11(2)16-14-9-12(21)5-8-15(14)26-20(25)17(16)19(22)24/h3-9,11,16-17H,1-2H3/t11-,16-,17+/m0/s1. The number of benzene rings is 2. The summed E-state index contributed by atoms with van der Waals surface area (Å²) in [5, 5.41) is 0. The van der Waals surface area contributed by atoms with E-state index in [4.69, 9.17) is 4.74 Å². The number of carbonyl (C=O) groups is 3. The first kappa shape index (κ1) is 17.0. The molecule has 2 aromatic carbocycles. The molecule has 1 saturated heterocycles. The quantitative estimate of drug-likeness (QED) is 0.310. The van der Waals surface area contributed by atoms with Crippen molar-refractivity contribution in [1.29, 1.82) is 0 Å². The van der Waals surface area contributed by atoms with Crippen LogP contribution in [0, 0.1) is 18.8 Å². The van der Waals surface area contributed by atoms with Gasteiger partial charge in [0.25, 0.3) is 0 Å². The van der Waals surface area contributed by atoms with Gasteiger partial charge in [-0.3, -0.25) is 14.4 Å². The molecule has 26 heavy (non-hydrogen) atoms. The molecule has 2 aromatic rings. The number of piperidine rings is 1. The summed E-state index contributed by atoms with van der Waals surface area (Å²) >= 11 is 3.41. The van der Waals surface area contributed by atoms with Gasteiger partial charge in [-0.1, -0.05) is 40.5 Å². The van der Waals surface area contributed by atoms with Gasteiger partial charge in [0.1, 0.15) is 11.7 Å². The van der Waals surface area contributed by atoms with E-state index in [9.17, 15) is 14.4 Å². The summed E-state index contributed by atoms with van der Waals surface area (Å²) in [5.74, 6) is -3.10. The minimum atomic E-state index is -1.02. The van der Waals surface area contributed by atoms with Crippen LogP contribution in [0.2, 0.25) is 0 Å². The highest BCUT2D eigenvalue weighted by Gasteiger charge is 2.54. The van der Waals surface area contributed by atoms with E-state index in [2.05, 4.69) is 15.9 Å². The van der Waals surface area contributed by atoms with E-state index < -0.39 is 29.6 Å². The van der Waals surface area contributed by atoms with Gasteiger partial charge in [0.2, 0.25) is 11.8 Å². The van der Waals surface area contributed by atoms with Gasteiger partial charge in [0.15, 0.2) is 0 Å². The molecule has 2 amide bonds. The second kappa shape index (κ2) is 6.06. The van der Waals surface area contributed by atoms with Crippen molar-refractivity contribution >= 4 is 39.4 Å². The van der Waals surface area contributed by atoms with Crippen molar-refractivity contribution in [1.82, 2.24) is 0 Å². The van der Waals surface area contributed by atoms with Crippen LogP contribution >= 0.6 is 15.9 Å². The minimum absolute atomic E-state index is 0.305. The van der Waals surface area contributed by atoms with Crippen LogP contribution in [-0.2, 0) is 14.4 Å². The molecule has 5 nitrogen and oxygen atoms in total. The first-order valence-corrected chi connectivity index (χ1v) is 9.13. The maximum atomic E-state index is 13.1. The topological polar surface area (TPSA) is 63.7 Å². The normalized spacial score (nSPS) is 24.8. The number of esters is 1.